The van der Waals surface area contributed by atoms with Gasteiger partial charge in [0.05, 0.1) is 18.2 Å². The molecule has 1 aliphatic heterocycles. The van der Waals surface area contributed by atoms with Crippen molar-refractivity contribution in [2.75, 3.05) is 6.61 Å². The van der Waals surface area contributed by atoms with E-state index < -0.39 is 0 Å². The van der Waals surface area contributed by atoms with Gasteiger partial charge in [0.25, 0.3) is 0 Å². The summed E-state index contributed by atoms with van der Waals surface area (Å²) in [4.78, 5) is 2.18. The third-order valence-corrected chi connectivity index (χ3v) is 3.95. The summed E-state index contributed by atoms with van der Waals surface area (Å²) in [5, 5.41) is 18.5. The Morgan fingerprint density at radius 2 is 2.26 bits per heavy atom. The average Bonchev–Trinajstić information content (AvgIpc) is 2.41. The van der Waals surface area contributed by atoms with Gasteiger partial charge in [-0.05, 0) is 43.5 Å². The standard InChI is InChI=1S/C15H19FN2O/c1-11-3-2-4-15(10-19)18(11)9-13-7-14(16)6-5-12(13)8-17/h5-7,11,15,19H,2-4,9-10H2,1H3/t11-,15-/m0/s1. The van der Waals surface area contributed by atoms with E-state index in [1.807, 2.05) is 0 Å². The fourth-order valence-corrected chi connectivity index (χ4v) is 2.82. The van der Waals surface area contributed by atoms with E-state index in [1.165, 1.54) is 18.2 Å². The van der Waals surface area contributed by atoms with Gasteiger partial charge in [-0.1, -0.05) is 6.42 Å². The van der Waals surface area contributed by atoms with Crippen LogP contribution in [0, 0.1) is 17.1 Å². The second-order valence-corrected chi connectivity index (χ2v) is 5.20. The molecule has 0 unspecified atom stereocenters. The molecule has 1 N–H and O–H groups in total. The number of nitriles is 1. The molecule has 1 aromatic carbocycles. The predicted molar refractivity (Wildman–Crippen MR) is 70.8 cm³/mol. The summed E-state index contributed by atoms with van der Waals surface area (Å²) in [6, 6.07) is 6.82. The molecule has 0 aromatic heterocycles. The summed E-state index contributed by atoms with van der Waals surface area (Å²) in [6.07, 6.45) is 3.14. The van der Waals surface area contributed by atoms with Crippen LogP contribution >= 0.6 is 0 Å². The fraction of sp³-hybridized carbons (Fsp3) is 0.533. The van der Waals surface area contributed by atoms with Crippen LogP contribution in [0.15, 0.2) is 18.2 Å². The molecule has 0 spiro atoms. The molecule has 2 atom stereocenters. The number of nitrogens with zero attached hydrogens (tertiary/aromatic N) is 2. The van der Waals surface area contributed by atoms with Gasteiger partial charge >= 0.3 is 0 Å². The maximum Gasteiger partial charge on any atom is 0.123 e. The second kappa shape index (κ2) is 6.14. The first-order chi connectivity index (χ1) is 9.15. The zero-order valence-electron chi connectivity index (χ0n) is 11.1. The summed E-state index contributed by atoms with van der Waals surface area (Å²) < 4.78 is 13.3. The monoisotopic (exact) mass is 262 g/mol. The van der Waals surface area contributed by atoms with Crippen LogP contribution < -0.4 is 0 Å². The second-order valence-electron chi connectivity index (χ2n) is 5.20. The van der Waals surface area contributed by atoms with E-state index in [9.17, 15) is 9.50 Å². The SMILES string of the molecule is C[C@H]1CCC[C@@H](CO)N1Cc1cc(F)ccc1C#N. The molecular formula is C15H19FN2O. The highest BCUT2D eigenvalue weighted by molar-refractivity contribution is 5.37. The van der Waals surface area contributed by atoms with Crippen molar-refractivity contribution in [3.63, 3.8) is 0 Å². The van der Waals surface area contributed by atoms with Crippen LogP contribution in [0.25, 0.3) is 0 Å². The van der Waals surface area contributed by atoms with Gasteiger partial charge in [-0.15, -0.1) is 0 Å². The maximum absolute atomic E-state index is 13.3. The maximum atomic E-state index is 13.3. The molecule has 0 bridgehead atoms. The Kier molecular flexibility index (Phi) is 4.52. The van der Waals surface area contributed by atoms with Gasteiger partial charge in [0.15, 0.2) is 0 Å². The van der Waals surface area contributed by atoms with E-state index in [1.54, 1.807) is 0 Å². The minimum absolute atomic E-state index is 0.110. The van der Waals surface area contributed by atoms with Crippen molar-refractivity contribution in [1.82, 2.24) is 4.90 Å². The Morgan fingerprint density at radius 3 is 2.95 bits per heavy atom. The summed E-state index contributed by atoms with van der Waals surface area (Å²) in [7, 11) is 0. The normalized spacial score (nSPS) is 24.1. The summed E-state index contributed by atoms with van der Waals surface area (Å²) in [5.41, 5.74) is 1.21. The van der Waals surface area contributed by atoms with Crippen LogP contribution in [-0.4, -0.2) is 28.7 Å². The van der Waals surface area contributed by atoms with E-state index in [0.29, 0.717) is 23.7 Å². The minimum Gasteiger partial charge on any atom is -0.395 e. The van der Waals surface area contributed by atoms with Crippen molar-refractivity contribution in [3.8, 4) is 6.07 Å². The lowest BCUT2D eigenvalue weighted by molar-refractivity contribution is 0.0450. The smallest absolute Gasteiger partial charge is 0.123 e. The third kappa shape index (κ3) is 3.12. The molecule has 19 heavy (non-hydrogen) atoms. The van der Waals surface area contributed by atoms with Gasteiger partial charge in [-0.3, -0.25) is 4.90 Å². The fourth-order valence-electron chi connectivity index (χ4n) is 2.82. The molecule has 0 saturated carbocycles. The van der Waals surface area contributed by atoms with Crippen LogP contribution in [0.3, 0.4) is 0 Å². The zero-order chi connectivity index (χ0) is 13.8. The Bertz CT molecular complexity index is 484. The summed E-state index contributed by atoms with van der Waals surface area (Å²) in [6.45, 7) is 2.75. The van der Waals surface area contributed by atoms with Crippen molar-refractivity contribution < 1.29 is 9.50 Å². The molecule has 102 valence electrons. The number of benzene rings is 1. The van der Waals surface area contributed by atoms with Gasteiger partial charge < -0.3 is 5.11 Å². The largest absolute Gasteiger partial charge is 0.395 e. The molecule has 3 nitrogen and oxygen atoms in total. The molecule has 1 heterocycles. The number of piperidine rings is 1. The van der Waals surface area contributed by atoms with Gasteiger partial charge in [0.2, 0.25) is 0 Å². The first-order valence-electron chi connectivity index (χ1n) is 6.71. The van der Waals surface area contributed by atoms with Crippen molar-refractivity contribution >= 4 is 0 Å². The molecule has 1 fully saturated rings. The lowest BCUT2D eigenvalue weighted by atomic mass is 9.95. The molecule has 4 heteroatoms. The predicted octanol–water partition coefficient (Wildman–Crippen LogP) is 2.43. The number of aliphatic hydroxyl groups is 1. The van der Waals surface area contributed by atoms with E-state index in [-0.39, 0.29) is 18.5 Å². The number of likely N-dealkylation sites (tertiary alicyclic amines) is 1. The topological polar surface area (TPSA) is 47.3 Å². The molecule has 1 saturated heterocycles. The van der Waals surface area contributed by atoms with Crippen LogP contribution in [0.1, 0.15) is 37.3 Å². The zero-order valence-corrected chi connectivity index (χ0v) is 11.1. The van der Waals surface area contributed by atoms with E-state index in [4.69, 9.17) is 5.26 Å². The van der Waals surface area contributed by atoms with Crippen LogP contribution in [0.4, 0.5) is 4.39 Å². The van der Waals surface area contributed by atoms with Crippen LogP contribution in [-0.2, 0) is 6.54 Å². The Morgan fingerprint density at radius 1 is 1.47 bits per heavy atom. The van der Waals surface area contributed by atoms with E-state index in [0.717, 1.165) is 19.3 Å². The third-order valence-electron chi connectivity index (χ3n) is 3.95. The van der Waals surface area contributed by atoms with E-state index in [2.05, 4.69) is 17.9 Å². The van der Waals surface area contributed by atoms with Crippen molar-refractivity contribution in [3.05, 3.63) is 35.1 Å². The molecule has 2 rings (SSSR count). The summed E-state index contributed by atoms with van der Waals surface area (Å²) >= 11 is 0. The lowest BCUT2D eigenvalue weighted by Gasteiger charge is -2.40. The first-order valence-corrected chi connectivity index (χ1v) is 6.71. The Labute approximate surface area is 113 Å². The van der Waals surface area contributed by atoms with Gasteiger partial charge in [0.1, 0.15) is 5.82 Å². The quantitative estimate of drug-likeness (QED) is 0.910. The van der Waals surface area contributed by atoms with Crippen LogP contribution in [0.2, 0.25) is 0 Å². The van der Waals surface area contributed by atoms with Crippen molar-refractivity contribution in [2.24, 2.45) is 0 Å². The highest BCUT2D eigenvalue weighted by Gasteiger charge is 2.27. The van der Waals surface area contributed by atoms with Crippen LogP contribution in [0.5, 0.6) is 0 Å². The number of hydrogen-bond acceptors (Lipinski definition) is 3. The highest BCUT2D eigenvalue weighted by atomic mass is 19.1. The number of aliphatic hydroxyl groups excluding tert-OH is 1. The molecule has 1 aromatic rings. The molecule has 0 amide bonds. The molecule has 0 aliphatic carbocycles. The Balaban J connectivity index is 2.23. The average molecular weight is 262 g/mol. The van der Waals surface area contributed by atoms with Crippen molar-refractivity contribution in [2.45, 2.75) is 44.8 Å². The van der Waals surface area contributed by atoms with Gasteiger partial charge in [-0.2, -0.15) is 5.26 Å². The first kappa shape index (κ1) is 14.0. The lowest BCUT2D eigenvalue weighted by Crippen LogP contribution is -2.46. The van der Waals surface area contributed by atoms with E-state index >= 15 is 0 Å². The van der Waals surface area contributed by atoms with Crippen molar-refractivity contribution in [1.29, 1.82) is 5.26 Å². The summed E-state index contributed by atoms with van der Waals surface area (Å²) in [5.74, 6) is -0.320. The highest BCUT2D eigenvalue weighted by Crippen LogP contribution is 2.25. The molecule has 1 aliphatic rings. The number of halogens is 1. The van der Waals surface area contributed by atoms with Gasteiger partial charge in [-0.25, -0.2) is 4.39 Å². The van der Waals surface area contributed by atoms with Gasteiger partial charge in [0, 0.05) is 18.6 Å². The molecular weight excluding hydrogens is 243 g/mol. The Hall–Kier alpha value is -1.44. The number of hydrogen-bond donors (Lipinski definition) is 1. The number of rotatable bonds is 3. The molecule has 0 radical (unpaired) electrons. The minimum atomic E-state index is -0.320.